The van der Waals surface area contributed by atoms with Gasteiger partial charge >= 0.3 is 0 Å². The number of nitrogens with zero attached hydrogens (tertiary/aromatic N) is 2. The minimum Gasteiger partial charge on any atom is -0.399 e. The van der Waals surface area contributed by atoms with Crippen molar-refractivity contribution in [3.8, 4) is 0 Å². The first-order chi connectivity index (χ1) is 8.77. The third kappa shape index (κ3) is 2.96. The van der Waals surface area contributed by atoms with Crippen LogP contribution < -0.4 is 15.8 Å². The Balaban J connectivity index is 2.36. The molecule has 0 aromatic heterocycles. The molecule has 104 valence electrons. The van der Waals surface area contributed by atoms with Crippen LogP contribution in [0.25, 0.3) is 0 Å². The maximum atomic E-state index is 11.7. The van der Waals surface area contributed by atoms with Gasteiger partial charge in [-0.1, -0.05) is 0 Å². The zero-order valence-corrected chi connectivity index (χ0v) is 11.4. The van der Waals surface area contributed by atoms with Gasteiger partial charge in [-0.15, -0.1) is 0 Å². The van der Waals surface area contributed by atoms with Gasteiger partial charge in [0.2, 0.25) is 15.9 Å². The Morgan fingerprint density at radius 1 is 1.21 bits per heavy atom. The number of benzene rings is 1. The molecule has 1 saturated heterocycles. The molecule has 0 atom stereocenters. The lowest BCUT2D eigenvalue weighted by Crippen LogP contribution is -2.48. The number of nitrogen functional groups attached to an aromatic ring is 1. The molecule has 4 N–H and O–H groups in total. The van der Waals surface area contributed by atoms with Crippen molar-refractivity contribution in [3.05, 3.63) is 18.2 Å². The van der Waals surface area contributed by atoms with E-state index >= 15 is 0 Å². The fraction of sp³-hybridized carbons (Fsp3) is 0.364. The molecule has 1 aromatic rings. The normalized spacial score (nSPS) is 16.8. The number of hydrogen-bond donors (Lipinski definition) is 2. The van der Waals surface area contributed by atoms with Gasteiger partial charge in [0.15, 0.2) is 0 Å². The van der Waals surface area contributed by atoms with Crippen molar-refractivity contribution in [1.82, 2.24) is 4.90 Å². The van der Waals surface area contributed by atoms with Crippen LogP contribution in [0.15, 0.2) is 23.1 Å². The molecule has 8 heteroatoms. The average molecular weight is 284 g/mol. The number of carbonyl (C=O) groups excluding carboxylic acids is 1. The molecule has 0 saturated carbocycles. The van der Waals surface area contributed by atoms with Crippen LogP contribution in [0.3, 0.4) is 0 Å². The summed E-state index contributed by atoms with van der Waals surface area (Å²) in [7, 11) is -2.08. The largest absolute Gasteiger partial charge is 0.399 e. The van der Waals surface area contributed by atoms with Crippen molar-refractivity contribution >= 4 is 27.3 Å². The number of primary sulfonamides is 1. The number of likely N-dealkylation sites (N-methyl/N-ethyl adjacent to an activating group) is 1. The lowest BCUT2D eigenvalue weighted by Gasteiger charge is -2.33. The van der Waals surface area contributed by atoms with E-state index in [1.807, 2.05) is 0 Å². The Hall–Kier alpha value is -1.80. The van der Waals surface area contributed by atoms with Gasteiger partial charge < -0.3 is 15.5 Å². The van der Waals surface area contributed by atoms with Crippen molar-refractivity contribution < 1.29 is 13.2 Å². The Kier molecular flexibility index (Phi) is 3.38. The van der Waals surface area contributed by atoms with Crippen LogP contribution in [0.1, 0.15) is 0 Å². The second kappa shape index (κ2) is 4.71. The second-order valence-electron chi connectivity index (χ2n) is 4.54. The molecule has 1 aliphatic heterocycles. The van der Waals surface area contributed by atoms with Crippen molar-refractivity contribution in [2.24, 2.45) is 5.14 Å². The Labute approximate surface area is 111 Å². The van der Waals surface area contributed by atoms with Gasteiger partial charge in [-0.05, 0) is 18.2 Å². The second-order valence-corrected chi connectivity index (χ2v) is 6.10. The maximum Gasteiger partial charge on any atom is 0.241 e. The molecule has 0 radical (unpaired) electrons. The fourth-order valence-corrected chi connectivity index (χ4v) is 2.52. The molecule has 0 bridgehead atoms. The van der Waals surface area contributed by atoms with E-state index in [4.69, 9.17) is 10.9 Å². The number of nitrogens with two attached hydrogens (primary N) is 2. The molecule has 0 spiro atoms. The van der Waals surface area contributed by atoms with E-state index in [2.05, 4.69) is 0 Å². The van der Waals surface area contributed by atoms with Crippen LogP contribution in [0.2, 0.25) is 0 Å². The summed E-state index contributed by atoms with van der Waals surface area (Å²) in [5.74, 6) is -0.0224. The monoisotopic (exact) mass is 284 g/mol. The van der Waals surface area contributed by atoms with Crippen LogP contribution in [0.5, 0.6) is 0 Å². The van der Waals surface area contributed by atoms with Crippen LogP contribution >= 0.6 is 0 Å². The van der Waals surface area contributed by atoms with Crippen molar-refractivity contribution in [1.29, 1.82) is 0 Å². The molecule has 1 amide bonds. The van der Waals surface area contributed by atoms with Crippen molar-refractivity contribution in [2.75, 3.05) is 37.3 Å². The zero-order valence-electron chi connectivity index (χ0n) is 10.5. The van der Waals surface area contributed by atoms with E-state index in [-0.39, 0.29) is 17.3 Å². The summed E-state index contributed by atoms with van der Waals surface area (Å²) in [6.45, 7) is 1.40. The number of carbonyl (C=O) groups is 1. The van der Waals surface area contributed by atoms with Gasteiger partial charge in [-0.2, -0.15) is 0 Å². The van der Waals surface area contributed by atoms with E-state index in [9.17, 15) is 13.2 Å². The van der Waals surface area contributed by atoms with Crippen LogP contribution in [0.4, 0.5) is 11.4 Å². The van der Waals surface area contributed by atoms with Gasteiger partial charge in [0.1, 0.15) is 0 Å². The molecular weight excluding hydrogens is 268 g/mol. The predicted molar refractivity (Wildman–Crippen MR) is 72.1 cm³/mol. The number of amides is 1. The first-order valence-electron chi connectivity index (χ1n) is 5.69. The smallest absolute Gasteiger partial charge is 0.241 e. The summed E-state index contributed by atoms with van der Waals surface area (Å²) in [6.07, 6.45) is 0. The Morgan fingerprint density at radius 2 is 1.89 bits per heavy atom. The molecule has 0 unspecified atom stereocenters. The van der Waals surface area contributed by atoms with Crippen molar-refractivity contribution in [2.45, 2.75) is 4.90 Å². The van der Waals surface area contributed by atoms with Crippen LogP contribution in [0, 0.1) is 0 Å². The highest BCUT2D eigenvalue weighted by atomic mass is 32.2. The Bertz CT molecular complexity index is 614. The van der Waals surface area contributed by atoms with Crippen molar-refractivity contribution in [3.63, 3.8) is 0 Å². The average Bonchev–Trinajstić information content (AvgIpc) is 2.31. The van der Waals surface area contributed by atoms with E-state index in [0.29, 0.717) is 24.5 Å². The highest BCUT2D eigenvalue weighted by molar-refractivity contribution is 7.89. The molecule has 2 rings (SSSR count). The first kappa shape index (κ1) is 13.6. The predicted octanol–water partition coefficient (Wildman–Crippen LogP) is -0.805. The quantitative estimate of drug-likeness (QED) is 0.691. The molecule has 1 heterocycles. The minimum absolute atomic E-state index is 0.0224. The molecular formula is C11H16N4O3S. The van der Waals surface area contributed by atoms with Gasteiger partial charge in [-0.25, -0.2) is 13.6 Å². The number of sulfonamides is 1. The van der Waals surface area contributed by atoms with Gasteiger partial charge in [0.05, 0.1) is 11.4 Å². The summed E-state index contributed by atoms with van der Waals surface area (Å²) < 4.78 is 22.7. The summed E-state index contributed by atoms with van der Waals surface area (Å²) in [5.41, 5.74) is 6.57. The van der Waals surface area contributed by atoms with Gasteiger partial charge in [0, 0.05) is 31.5 Å². The third-order valence-corrected chi connectivity index (χ3v) is 3.96. The van der Waals surface area contributed by atoms with Gasteiger partial charge in [0.25, 0.3) is 0 Å². The number of anilines is 2. The van der Waals surface area contributed by atoms with E-state index in [1.165, 1.54) is 12.1 Å². The summed E-state index contributed by atoms with van der Waals surface area (Å²) in [6, 6.07) is 4.37. The third-order valence-electron chi connectivity index (χ3n) is 3.06. The number of rotatable bonds is 2. The highest BCUT2D eigenvalue weighted by Crippen LogP contribution is 2.24. The molecule has 1 fully saturated rings. The summed E-state index contributed by atoms with van der Waals surface area (Å²) in [5, 5.41) is 5.10. The number of hydrogen-bond acceptors (Lipinski definition) is 5. The minimum atomic E-state index is -3.81. The first-order valence-corrected chi connectivity index (χ1v) is 7.24. The molecule has 1 aromatic carbocycles. The summed E-state index contributed by atoms with van der Waals surface area (Å²) in [4.78, 5) is 15.0. The summed E-state index contributed by atoms with van der Waals surface area (Å²) >= 11 is 0. The lowest BCUT2D eigenvalue weighted by atomic mass is 10.2. The molecule has 7 nitrogen and oxygen atoms in total. The fourth-order valence-electron chi connectivity index (χ4n) is 1.93. The maximum absolute atomic E-state index is 11.7. The SMILES string of the molecule is CN1CCN(c2cc(N)cc(S(N)(=O)=O)c2)CC1=O. The Morgan fingerprint density at radius 3 is 2.47 bits per heavy atom. The standard InChI is InChI=1S/C11H16N4O3S/c1-14-2-3-15(7-11(14)16)9-4-8(12)5-10(6-9)19(13,17)18/h4-6H,2-3,7,12H2,1H3,(H2,13,17,18). The van der Waals surface area contributed by atoms with Gasteiger partial charge in [-0.3, -0.25) is 4.79 Å². The highest BCUT2D eigenvalue weighted by Gasteiger charge is 2.22. The van der Waals surface area contributed by atoms with E-state index in [0.717, 1.165) is 0 Å². The number of piperazine rings is 1. The molecule has 1 aliphatic rings. The topological polar surface area (TPSA) is 110 Å². The lowest BCUT2D eigenvalue weighted by molar-refractivity contribution is -0.129. The zero-order chi connectivity index (χ0) is 14.2. The van der Waals surface area contributed by atoms with Crippen LogP contribution in [-0.4, -0.2) is 45.9 Å². The van der Waals surface area contributed by atoms with E-state index in [1.54, 1.807) is 22.9 Å². The molecule has 19 heavy (non-hydrogen) atoms. The molecule has 0 aliphatic carbocycles. The van der Waals surface area contributed by atoms with E-state index < -0.39 is 10.0 Å². The van der Waals surface area contributed by atoms with Crippen LogP contribution in [-0.2, 0) is 14.8 Å².